The van der Waals surface area contributed by atoms with Crippen molar-refractivity contribution in [3.05, 3.63) is 128 Å². The third-order valence-corrected chi connectivity index (χ3v) is 8.37. The minimum atomic E-state index is -0.653. The van der Waals surface area contributed by atoms with Crippen molar-refractivity contribution in [3.63, 3.8) is 0 Å². The van der Waals surface area contributed by atoms with E-state index in [1.807, 2.05) is 41.1 Å². The van der Waals surface area contributed by atoms with Crippen LogP contribution in [0, 0.1) is 6.92 Å². The number of carbonyl (C=O) groups excluding carboxylic acids is 3. The molecule has 0 fully saturated rings. The molecule has 0 spiro atoms. The van der Waals surface area contributed by atoms with Crippen molar-refractivity contribution in [2.75, 3.05) is 10.2 Å². The van der Waals surface area contributed by atoms with Crippen molar-refractivity contribution < 1.29 is 29.0 Å². The van der Waals surface area contributed by atoms with E-state index in [2.05, 4.69) is 5.32 Å². The summed E-state index contributed by atoms with van der Waals surface area (Å²) in [6.07, 6.45) is 1.69. The number of aliphatic hydroxyl groups is 1. The Balaban J connectivity index is 1.17. The summed E-state index contributed by atoms with van der Waals surface area (Å²) in [5, 5.41) is 16.6. The van der Waals surface area contributed by atoms with Crippen molar-refractivity contribution in [1.29, 1.82) is 0 Å². The molecule has 0 saturated heterocycles. The van der Waals surface area contributed by atoms with Crippen molar-refractivity contribution in [2.24, 2.45) is 0 Å². The molecule has 2 atom stereocenters. The minimum Gasteiger partial charge on any atom is -0.459 e. The average Bonchev–Trinajstić information content (AvgIpc) is 3.64. The standard InChI is InChI=1S/C33H27ClN2O6S/c1-19-12-25(7-9-28(19)36-32(39)26-8-6-24(34)15-27(26)33(36)40)35-31(38)29-13-23(22-10-11-43-18-22)14-30(42-29)41-17-21-4-2-20(16-37)3-5-21/h2-13,15,18,23,30,37H,14,16-17H2,1H3,(H,35,38). The molecule has 3 aromatic carbocycles. The Hall–Kier alpha value is -4.28. The number of allylic oxidation sites excluding steroid dienone is 1. The highest BCUT2D eigenvalue weighted by Gasteiger charge is 2.37. The molecular weight excluding hydrogens is 588 g/mol. The van der Waals surface area contributed by atoms with Gasteiger partial charge in [-0.15, -0.1) is 0 Å². The normalized spacial score (nSPS) is 17.8. The van der Waals surface area contributed by atoms with Gasteiger partial charge in [0.1, 0.15) is 0 Å². The summed E-state index contributed by atoms with van der Waals surface area (Å²) < 4.78 is 12.1. The summed E-state index contributed by atoms with van der Waals surface area (Å²) in [7, 11) is 0. The van der Waals surface area contributed by atoms with Crippen LogP contribution in [0.4, 0.5) is 11.4 Å². The topological polar surface area (TPSA) is 105 Å². The van der Waals surface area contributed by atoms with Gasteiger partial charge in [-0.05, 0) is 88.5 Å². The molecule has 43 heavy (non-hydrogen) atoms. The number of hydrogen-bond acceptors (Lipinski definition) is 7. The fraction of sp³-hybridized carbons (Fsp3) is 0.182. The van der Waals surface area contributed by atoms with Crippen LogP contribution in [0.2, 0.25) is 5.02 Å². The van der Waals surface area contributed by atoms with Crippen molar-refractivity contribution in [1.82, 2.24) is 0 Å². The second-order valence-corrected chi connectivity index (χ2v) is 11.6. The number of anilines is 2. The van der Waals surface area contributed by atoms with E-state index >= 15 is 0 Å². The van der Waals surface area contributed by atoms with Crippen LogP contribution >= 0.6 is 22.9 Å². The molecule has 8 nitrogen and oxygen atoms in total. The summed E-state index contributed by atoms with van der Waals surface area (Å²) in [4.78, 5) is 40.6. The minimum absolute atomic E-state index is 0.0290. The molecule has 0 bridgehead atoms. The monoisotopic (exact) mass is 614 g/mol. The maximum Gasteiger partial charge on any atom is 0.290 e. The van der Waals surface area contributed by atoms with Crippen LogP contribution in [-0.4, -0.2) is 29.1 Å². The van der Waals surface area contributed by atoms with Gasteiger partial charge >= 0.3 is 0 Å². The van der Waals surface area contributed by atoms with Gasteiger partial charge in [-0.1, -0.05) is 35.9 Å². The highest BCUT2D eigenvalue weighted by atomic mass is 35.5. The SMILES string of the molecule is Cc1cc(NC(=O)C2=CC(c3ccsc3)CC(OCc3ccc(CO)cc3)O2)ccc1N1C(=O)c2ccc(Cl)cc2C1=O. The lowest BCUT2D eigenvalue weighted by atomic mass is 9.95. The number of carbonyl (C=O) groups is 3. The molecule has 2 aliphatic rings. The number of imide groups is 1. The first-order valence-electron chi connectivity index (χ1n) is 13.6. The molecular formula is C33H27ClN2O6S. The van der Waals surface area contributed by atoms with Crippen LogP contribution < -0.4 is 10.2 Å². The molecule has 4 aromatic rings. The number of rotatable bonds is 8. The first-order chi connectivity index (χ1) is 20.8. The van der Waals surface area contributed by atoms with E-state index in [0.29, 0.717) is 33.9 Å². The second-order valence-electron chi connectivity index (χ2n) is 10.4. The zero-order valence-corrected chi connectivity index (χ0v) is 24.7. The van der Waals surface area contributed by atoms with Crippen LogP contribution in [0.15, 0.2) is 89.3 Å². The van der Waals surface area contributed by atoms with E-state index in [1.54, 1.807) is 54.7 Å². The van der Waals surface area contributed by atoms with Crippen molar-refractivity contribution in [2.45, 2.75) is 38.8 Å². The van der Waals surface area contributed by atoms with E-state index in [9.17, 15) is 19.5 Å². The molecule has 6 rings (SSSR count). The summed E-state index contributed by atoms with van der Waals surface area (Å²) in [5.74, 6) is -1.25. The van der Waals surface area contributed by atoms with Gasteiger partial charge < -0.3 is 19.9 Å². The lowest BCUT2D eigenvalue weighted by molar-refractivity contribution is -0.147. The van der Waals surface area contributed by atoms with Crippen LogP contribution in [0.3, 0.4) is 0 Å². The maximum atomic E-state index is 13.4. The van der Waals surface area contributed by atoms with Gasteiger partial charge in [-0.3, -0.25) is 14.4 Å². The number of fused-ring (bicyclic) bond motifs is 1. The zero-order chi connectivity index (χ0) is 30.1. The van der Waals surface area contributed by atoms with E-state index in [4.69, 9.17) is 21.1 Å². The van der Waals surface area contributed by atoms with Crippen LogP contribution in [0.1, 0.15) is 55.3 Å². The van der Waals surface area contributed by atoms with E-state index < -0.39 is 24.0 Å². The number of aryl methyl sites for hydroxylation is 1. The summed E-state index contributed by atoms with van der Waals surface area (Å²) >= 11 is 7.63. The summed E-state index contributed by atoms with van der Waals surface area (Å²) in [5.41, 5.74) is 4.89. The molecule has 0 aliphatic carbocycles. The second kappa shape index (κ2) is 12.1. The van der Waals surface area contributed by atoms with Gasteiger partial charge in [0, 0.05) is 23.0 Å². The van der Waals surface area contributed by atoms with Crippen LogP contribution in [0.5, 0.6) is 0 Å². The molecule has 0 radical (unpaired) electrons. The maximum absolute atomic E-state index is 13.4. The molecule has 2 N–H and O–H groups in total. The fourth-order valence-corrected chi connectivity index (χ4v) is 6.07. The van der Waals surface area contributed by atoms with Gasteiger partial charge in [0.15, 0.2) is 5.76 Å². The largest absolute Gasteiger partial charge is 0.459 e. The molecule has 2 aliphatic heterocycles. The molecule has 1 aromatic heterocycles. The lowest BCUT2D eigenvalue weighted by Gasteiger charge is -2.29. The van der Waals surface area contributed by atoms with Gasteiger partial charge in [0.2, 0.25) is 6.29 Å². The number of aliphatic hydroxyl groups excluding tert-OH is 1. The molecule has 2 unspecified atom stereocenters. The Morgan fingerprint density at radius 2 is 1.81 bits per heavy atom. The summed E-state index contributed by atoms with van der Waals surface area (Å²) in [6.45, 7) is 2.02. The quantitative estimate of drug-likeness (QED) is 0.218. The molecule has 218 valence electrons. The number of hydrogen-bond donors (Lipinski definition) is 2. The van der Waals surface area contributed by atoms with Gasteiger partial charge in [-0.25, -0.2) is 4.90 Å². The van der Waals surface area contributed by atoms with Crippen LogP contribution in [-0.2, 0) is 27.5 Å². The Morgan fingerprint density at radius 3 is 2.53 bits per heavy atom. The first-order valence-corrected chi connectivity index (χ1v) is 14.9. The van der Waals surface area contributed by atoms with Crippen molar-refractivity contribution >= 4 is 52.0 Å². The Kier molecular flexibility index (Phi) is 8.14. The zero-order valence-electron chi connectivity index (χ0n) is 23.1. The number of halogens is 1. The highest BCUT2D eigenvalue weighted by molar-refractivity contribution is 7.08. The third-order valence-electron chi connectivity index (χ3n) is 7.44. The van der Waals surface area contributed by atoms with Crippen LogP contribution in [0.25, 0.3) is 0 Å². The number of benzene rings is 3. The number of nitrogens with zero attached hydrogens (tertiary/aromatic N) is 1. The fourth-order valence-electron chi connectivity index (χ4n) is 5.18. The molecule has 3 heterocycles. The van der Waals surface area contributed by atoms with E-state index in [0.717, 1.165) is 21.6 Å². The Labute approximate surface area is 257 Å². The first kappa shape index (κ1) is 28.8. The lowest BCUT2D eigenvalue weighted by Crippen LogP contribution is -2.30. The number of nitrogens with one attached hydrogen (secondary N) is 1. The molecule has 3 amide bonds. The number of ether oxygens (including phenoxy) is 2. The van der Waals surface area contributed by atoms with Gasteiger partial charge in [0.25, 0.3) is 17.7 Å². The number of amides is 3. The average molecular weight is 615 g/mol. The predicted octanol–water partition coefficient (Wildman–Crippen LogP) is 6.57. The Bertz CT molecular complexity index is 1730. The van der Waals surface area contributed by atoms with Gasteiger partial charge in [0.05, 0.1) is 30.0 Å². The summed E-state index contributed by atoms with van der Waals surface area (Å²) in [6, 6.07) is 19.1. The number of thiophene rings is 1. The van der Waals surface area contributed by atoms with Crippen molar-refractivity contribution in [3.8, 4) is 0 Å². The van der Waals surface area contributed by atoms with Gasteiger partial charge in [-0.2, -0.15) is 11.3 Å². The van der Waals surface area contributed by atoms with E-state index in [-0.39, 0.29) is 30.5 Å². The predicted molar refractivity (Wildman–Crippen MR) is 164 cm³/mol. The smallest absolute Gasteiger partial charge is 0.290 e. The molecule has 0 saturated carbocycles. The highest BCUT2D eigenvalue weighted by Crippen LogP contribution is 2.35. The van der Waals surface area contributed by atoms with E-state index in [1.165, 1.54) is 6.07 Å². The molecule has 10 heteroatoms. The Morgan fingerprint density at radius 1 is 1.05 bits per heavy atom. The third kappa shape index (κ3) is 5.98.